The molecule has 0 heterocycles. The lowest BCUT2D eigenvalue weighted by Gasteiger charge is -2.16. The fourth-order valence-electron chi connectivity index (χ4n) is 1.54. The minimum Gasteiger partial charge on any atom is -0.450 e. The van der Waals surface area contributed by atoms with E-state index in [4.69, 9.17) is 9.84 Å². The largest absolute Gasteiger partial charge is 0.450 e. The third-order valence-corrected chi connectivity index (χ3v) is 2.40. The minimum absolute atomic E-state index is 0.0677. The third kappa shape index (κ3) is 5.45. The second-order valence-electron chi connectivity index (χ2n) is 4.03. The molecule has 102 valence electrons. The topological polar surface area (TPSA) is 49.8 Å². The first-order valence-corrected chi connectivity index (χ1v) is 6.24. The minimum atomic E-state index is -0.334. The Balaban J connectivity index is 2.67. The second-order valence-corrected chi connectivity index (χ2v) is 4.03. The maximum Gasteiger partial charge on any atom is 0.409 e. The molecular formula is C15H19NO3. The molecule has 0 radical (unpaired) electrons. The zero-order chi connectivity index (χ0) is 14.1. The lowest BCUT2D eigenvalue weighted by atomic mass is 10.1. The molecule has 0 bridgehead atoms. The van der Waals surface area contributed by atoms with Gasteiger partial charge in [-0.05, 0) is 24.6 Å². The predicted octanol–water partition coefficient (Wildman–Crippen LogP) is 2.01. The van der Waals surface area contributed by atoms with Gasteiger partial charge in [-0.3, -0.25) is 0 Å². The molecule has 0 saturated heterocycles. The Kier molecular flexibility index (Phi) is 6.48. The SMILES string of the molecule is CCOC(=O)N(C)Cc1cccc(C#CCCO)c1. The standard InChI is InChI=1S/C15H19NO3/c1-3-19-15(18)16(2)12-14-9-6-8-13(11-14)7-4-5-10-17/h6,8-9,11,17H,3,5,10,12H2,1-2H3. The summed E-state index contributed by atoms with van der Waals surface area (Å²) in [5.41, 5.74) is 1.87. The lowest BCUT2D eigenvalue weighted by Crippen LogP contribution is -2.26. The molecule has 1 aromatic carbocycles. The Morgan fingerprint density at radius 2 is 2.26 bits per heavy atom. The highest BCUT2D eigenvalue weighted by molar-refractivity contribution is 5.67. The number of amides is 1. The molecule has 0 spiro atoms. The van der Waals surface area contributed by atoms with Crippen LogP contribution in [0.1, 0.15) is 24.5 Å². The van der Waals surface area contributed by atoms with Gasteiger partial charge >= 0.3 is 6.09 Å². The highest BCUT2D eigenvalue weighted by Gasteiger charge is 2.09. The summed E-state index contributed by atoms with van der Waals surface area (Å²) in [6.07, 6.45) is 0.131. The van der Waals surface area contributed by atoms with Crippen LogP contribution in [-0.4, -0.2) is 36.4 Å². The van der Waals surface area contributed by atoms with Gasteiger partial charge < -0.3 is 14.7 Å². The first kappa shape index (κ1) is 15.1. The first-order chi connectivity index (χ1) is 9.17. The molecule has 1 amide bonds. The van der Waals surface area contributed by atoms with Crippen LogP contribution >= 0.6 is 0 Å². The van der Waals surface area contributed by atoms with E-state index < -0.39 is 0 Å². The zero-order valence-electron chi connectivity index (χ0n) is 11.3. The molecule has 4 nitrogen and oxygen atoms in total. The van der Waals surface area contributed by atoms with Crippen LogP contribution in [-0.2, 0) is 11.3 Å². The number of aliphatic hydroxyl groups is 1. The van der Waals surface area contributed by atoms with Gasteiger partial charge in [-0.2, -0.15) is 0 Å². The van der Waals surface area contributed by atoms with Crippen LogP contribution in [0.15, 0.2) is 24.3 Å². The summed E-state index contributed by atoms with van der Waals surface area (Å²) in [6, 6.07) is 7.67. The van der Waals surface area contributed by atoms with Gasteiger partial charge in [-0.15, -0.1) is 0 Å². The number of hydrogen-bond donors (Lipinski definition) is 1. The Labute approximate surface area is 114 Å². The van der Waals surface area contributed by atoms with E-state index in [0.717, 1.165) is 11.1 Å². The molecule has 0 aliphatic carbocycles. The van der Waals surface area contributed by atoms with E-state index in [2.05, 4.69) is 11.8 Å². The average Bonchev–Trinajstić information content (AvgIpc) is 2.40. The number of benzene rings is 1. The van der Waals surface area contributed by atoms with Crippen LogP contribution in [0, 0.1) is 11.8 Å². The van der Waals surface area contributed by atoms with Crippen LogP contribution in [0.25, 0.3) is 0 Å². The van der Waals surface area contributed by atoms with Crippen molar-refractivity contribution in [1.82, 2.24) is 4.90 Å². The lowest BCUT2D eigenvalue weighted by molar-refractivity contribution is 0.114. The van der Waals surface area contributed by atoms with Gasteiger partial charge in [0.25, 0.3) is 0 Å². The third-order valence-electron chi connectivity index (χ3n) is 2.40. The maximum atomic E-state index is 11.5. The van der Waals surface area contributed by atoms with E-state index in [1.807, 2.05) is 24.3 Å². The molecule has 0 aromatic heterocycles. The zero-order valence-corrected chi connectivity index (χ0v) is 11.3. The molecule has 0 fully saturated rings. The van der Waals surface area contributed by atoms with E-state index >= 15 is 0 Å². The average molecular weight is 261 g/mol. The number of carbonyl (C=O) groups excluding carboxylic acids is 1. The Bertz CT molecular complexity index is 474. The molecule has 1 rings (SSSR count). The molecule has 1 aromatic rings. The van der Waals surface area contributed by atoms with Crippen LogP contribution in [0.5, 0.6) is 0 Å². The second kappa shape index (κ2) is 8.17. The highest BCUT2D eigenvalue weighted by atomic mass is 16.5. The summed E-state index contributed by atoms with van der Waals surface area (Å²) in [5, 5.41) is 8.67. The van der Waals surface area contributed by atoms with Crippen molar-refractivity contribution in [3.8, 4) is 11.8 Å². The van der Waals surface area contributed by atoms with E-state index in [9.17, 15) is 4.79 Å². The number of ether oxygens (including phenoxy) is 1. The van der Waals surface area contributed by atoms with Gasteiger partial charge in [-0.25, -0.2) is 4.79 Å². The van der Waals surface area contributed by atoms with E-state index in [1.54, 1.807) is 14.0 Å². The van der Waals surface area contributed by atoms with E-state index in [0.29, 0.717) is 19.6 Å². The number of aliphatic hydroxyl groups excluding tert-OH is 1. The Morgan fingerprint density at radius 3 is 2.95 bits per heavy atom. The molecule has 0 aliphatic heterocycles. The predicted molar refractivity (Wildman–Crippen MR) is 73.5 cm³/mol. The van der Waals surface area contributed by atoms with Gasteiger partial charge in [0.2, 0.25) is 0 Å². The van der Waals surface area contributed by atoms with Crippen LogP contribution in [0.4, 0.5) is 4.79 Å². The molecule has 0 atom stereocenters. The number of rotatable bonds is 4. The van der Waals surface area contributed by atoms with Crippen LogP contribution in [0.2, 0.25) is 0 Å². The van der Waals surface area contributed by atoms with Gasteiger partial charge in [-0.1, -0.05) is 24.0 Å². The van der Waals surface area contributed by atoms with Crippen molar-refractivity contribution in [2.45, 2.75) is 19.9 Å². The Morgan fingerprint density at radius 1 is 1.47 bits per heavy atom. The molecule has 0 unspecified atom stereocenters. The molecule has 0 saturated carbocycles. The fourth-order valence-corrected chi connectivity index (χ4v) is 1.54. The maximum absolute atomic E-state index is 11.5. The van der Waals surface area contributed by atoms with Gasteiger partial charge in [0.15, 0.2) is 0 Å². The van der Waals surface area contributed by atoms with Crippen molar-refractivity contribution >= 4 is 6.09 Å². The normalized spacial score (nSPS) is 9.42. The summed E-state index contributed by atoms with van der Waals surface area (Å²) in [5.74, 6) is 5.84. The highest BCUT2D eigenvalue weighted by Crippen LogP contribution is 2.07. The molecule has 0 aliphatic rings. The number of nitrogens with zero attached hydrogens (tertiary/aromatic N) is 1. The fraction of sp³-hybridized carbons (Fsp3) is 0.400. The van der Waals surface area contributed by atoms with Gasteiger partial charge in [0.1, 0.15) is 0 Å². The molecule has 19 heavy (non-hydrogen) atoms. The van der Waals surface area contributed by atoms with Gasteiger partial charge in [0, 0.05) is 25.6 Å². The Hall–Kier alpha value is -1.99. The molecule has 1 N–H and O–H groups in total. The summed E-state index contributed by atoms with van der Waals surface area (Å²) in [6.45, 7) is 2.70. The van der Waals surface area contributed by atoms with E-state index in [-0.39, 0.29) is 12.7 Å². The van der Waals surface area contributed by atoms with Crippen molar-refractivity contribution in [1.29, 1.82) is 0 Å². The first-order valence-electron chi connectivity index (χ1n) is 6.24. The van der Waals surface area contributed by atoms with Crippen LogP contribution < -0.4 is 0 Å². The quantitative estimate of drug-likeness (QED) is 0.843. The number of hydrogen-bond acceptors (Lipinski definition) is 3. The van der Waals surface area contributed by atoms with Crippen molar-refractivity contribution < 1.29 is 14.6 Å². The van der Waals surface area contributed by atoms with Gasteiger partial charge in [0.05, 0.1) is 13.2 Å². The van der Waals surface area contributed by atoms with Crippen molar-refractivity contribution in [3.63, 3.8) is 0 Å². The molecular weight excluding hydrogens is 242 g/mol. The monoisotopic (exact) mass is 261 g/mol. The smallest absolute Gasteiger partial charge is 0.409 e. The van der Waals surface area contributed by atoms with Crippen molar-refractivity contribution in [2.24, 2.45) is 0 Å². The van der Waals surface area contributed by atoms with Crippen LogP contribution in [0.3, 0.4) is 0 Å². The summed E-state index contributed by atoms with van der Waals surface area (Å²) in [7, 11) is 1.70. The summed E-state index contributed by atoms with van der Waals surface area (Å²) < 4.78 is 4.92. The summed E-state index contributed by atoms with van der Waals surface area (Å²) >= 11 is 0. The summed E-state index contributed by atoms with van der Waals surface area (Å²) in [4.78, 5) is 13.0. The number of carbonyl (C=O) groups is 1. The van der Waals surface area contributed by atoms with E-state index in [1.165, 1.54) is 4.90 Å². The van der Waals surface area contributed by atoms with Crippen molar-refractivity contribution in [3.05, 3.63) is 35.4 Å². The van der Waals surface area contributed by atoms with Crippen molar-refractivity contribution in [2.75, 3.05) is 20.3 Å². The molecule has 4 heteroatoms.